The summed E-state index contributed by atoms with van der Waals surface area (Å²) in [6, 6.07) is 0.829. The Balaban J connectivity index is 2.74. The van der Waals surface area contributed by atoms with E-state index in [4.69, 9.17) is 9.57 Å². The molecule has 0 radical (unpaired) electrons. The smallest absolute Gasteiger partial charge is 0.408 e. The van der Waals surface area contributed by atoms with Crippen molar-refractivity contribution in [2.24, 2.45) is 0 Å². The number of amides is 1. The summed E-state index contributed by atoms with van der Waals surface area (Å²) in [6.07, 6.45) is -1.53. The molecule has 0 aliphatic rings. The lowest BCUT2D eigenvalue weighted by Gasteiger charge is -2.22. The number of nitrogens with one attached hydrogen (secondary N) is 1. The molecule has 0 aliphatic carbocycles. The largest absolute Gasteiger partial charge is 0.492 e. The lowest BCUT2D eigenvalue weighted by Crippen LogP contribution is -2.46. The van der Waals surface area contributed by atoms with Gasteiger partial charge >= 0.3 is 18.0 Å². The van der Waals surface area contributed by atoms with Gasteiger partial charge in [-0.05, 0) is 20.8 Å². The number of carbonyl (C=O) groups excluding carboxylic acids is 3. The number of aromatic nitrogens is 1. The number of methoxy groups -OCH3 is 1. The topological polar surface area (TPSA) is 136 Å². The van der Waals surface area contributed by atoms with Gasteiger partial charge in [-0.25, -0.2) is 14.4 Å². The second-order valence-corrected chi connectivity index (χ2v) is 5.73. The molecule has 1 aromatic heterocycles. The molecular formula is C14H20N2O8. The van der Waals surface area contributed by atoms with Crippen molar-refractivity contribution in [3.63, 3.8) is 0 Å². The highest BCUT2D eigenvalue weighted by atomic mass is 16.7. The highest BCUT2D eigenvalue weighted by molar-refractivity contribution is 5.86. The van der Waals surface area contributed by atoms with Crippen LogP contribution in [0.1, 0.15) is 27.2 Å². The second kappa shape index (κ2) is 7.57. The second-order valence-electron chi connectivity index (χ2n) is 5.73. The van der Waals surface area contributed by atoms with Gasteiger partial charge in [-0.2, -0.15) is 0 Å². The molecule has 10 nitrogen and oxygen atoms in total. The molecule has 1 rings (SSSR count). The van der Waals surface area contributed by atoms with Crippen molar-refractivity contribution in [1.29, 1.82) is 0 Å². The Kier molecular flexibility index (Phi) is 6.04. The monoisotopic (exact) mass is 344 g/mol. The molecule has 0 saturated carbocycles. The summed E-state index contributed by atoms with van der Waals surface area (Å²) >= 11 is 0. The van der Waals surface area contributed by atoms with E-state index in [-0.39, 0.29) is 0 Å². The van der Waals surface area contributed by atoms with E-state index >= 15 is 0 Å². The Morgan fingerprint density at radius 3 is 2.21 bits per heavy atom. The van der Waals surface area contributed by atoms with Crippen LogP contribution >= 0.6 is 0 Å². The van der Waals surface area contributed by atoms with Gasteiger partial charge in [0.2, 0.25) is 11.8 Å². The molecule has 0 fully saturated rings. The zero-order valence-electron chi connectivity index (χ0n) is 13.7. The molecule has 0 unspecified atom stereocenters. The van der Waals surface area contributed by atoms with Crippen LogP contribution in [0.15, 0.2) is 12.1 Å². The minimum absolute atomic E-state index is 0.462. The molecule has 0 spiro atoms. The number of carbonyl (C=O) groups is 3. The van der Waals surface area contributed by atoms with E-state index in [2.05, 4.69) is 10.1 Å². The number of aromatic hydroxyl groups is 2. The van der Waals surface area contributed by atoms with Gasteiger partial charge < -0.3 is 29.8 Å². The van der Waals surface area contributed by atoms with Crippen molar-refractivity contribution in [3.8, 4) is 11.8 Å². The molecular weight excluding hydrogens is 324 g/mol. The van der Waals surface area contributed by atoms with Gasteiger partial charge in [-0.15, -0.1) is 4.73 Å². The van der Waals surface area contributed by atoms with Crippen LogP contribution in [0.25, 0.3) is 0 Å². The number of hydrogen-bond acceptors (Lipinski definition) is 8. The molecule has 1 amide bonds. The predicted octanol–water partition coefficient (Wildman–Crippen LogP) is 0.311. The first-order valence-corrected chi connectivity index (χ1v) is 6.91. The quantitative estimate of drug-likeness (QED) is 0.649. The fourth-order valence-electron chi connectivity index (χ4n) is 1.59. The van der Waals surface area contributed by atoms with Crippen LogP contribution in [0, 0.1) is 0 Å². The van der Waals surface area contributed by atoms with Crippen LogP contribution in [0.5, 0.6) is 11.8 Å². The SMILES string of the molecule is COC(=O)[C@@H](CC(=O)On1c(O)ccc1O)NC(=O)OC(C)(C)C. The van der Waals surface area contributed by atoms with Crippen molar-refractivity contribution in [3.05, 3.63) is 12.1 Å². The Morgan fingerprint density at radius 1 is 1.21 bits per heavy atom. The lowest BCUT2D eigenvalue weighted by molar-refractivity contribution is -0.152. The first-order valence-electron chi connectivity index (χ1n) is 6.91. The van der Waals surface area contributed by atoms with E-state index < -0.39 is 47.9 Å². The minimum atomic E-state index is -1.36. The normalized spacial score (nSPS) is 12.2. The van der Waals surface area contributed by atoms with Gasteiger partial charge in [-0.1, -0.05) is 0 Å². The van der Waals surface area contributed by atoms with Crippen LogP contribution in [-0.4, -0.2) is 51.7 Å². The van der Waals surface area contributed by atoms with Crippen molar-refractivity contribution in [1.82, 2.24) is 10.0 Å². The number of hydrogen-bond donors (Lipinski definition) is 3. The Bertz CT molecular complexity index is 597. The summed E-state index contributed by atoms with van der Waals surface area (Å²) in [4.78, 5) is 39.9. The first-order chi connectivity index (χ1) is 11.0. The van der Waals surface area contributed by atoms with Crippen molar-refractivity contribution < 1.29 is 38.9 Å². The third kappa shape index (κ3) is 5.71. The third-order valence-electron chi connectivity index (χ3n) is 2.54. The van der Waals surface area contributed by atoms with Crippen LogP contribution < -0.4 is 10.2 Å². The predicted molar refractivity (Wildman–Crippen MR) is 79.1 cm³/mol. The lowest BCUT2D eigenvalue weighted by atomic mass is 10.2. The van der Waals surface area contributed by atoms with Gasteiger partial charge in [0.25, 0.3) is 0 Å². The molecule has 0 saturated heterocycles. The summed E-state index contributed by atoms with van der Waals surface area (Å²) in [6.45, 7) is 4.89. The summed E-state index contributed by atoms with van der Waals surface area (Å²) < 4.78 is 9.96. The van der Waals surface area contributed by atoms with Crippen molar-refractivity contribution in [2.75, 3.05) is 7.11 Å². The van der Waals surface area contributed by atoms with E-state index in [0.29, 0.717) is 4.73 Å². The molecule has 24 heavy (non-hydrogen) atoms. The highest BCUT2D eigenvalue weighted by Crippen LogP contribution is 2.19. The standard InChI is InChI=1S/C14H20N2O8/c1-14(2,3)23-13(21)15-8(12(20)22-4)7-11(19)24-16-9(17)5-6-10(16)18/h5-6,8,17-18H,7H2,1-4H3,(H,15,21)/t8-/m1/s1. The Labute approximate surface area is 137 Å². The Hall–Kier alpha value is -2.91. The average molecular weight is 344 g/mol. The van der Waals surface area contributed by atoms with E-state index in [0.717, 1.165) is 19.2 Å². The molecule has 1 atom stereocenters. The van der Waals surface area contributed by atoms with Gasteiger partial charge in [0.15, 0.2) is 0 Å². The molecule has 0 aromatic carbocycles. The molecule has 1 aromatic rings. The molecule has 1 heterocycles. The summed E-state index contributed by atoms with van der Waals surface area (Å²) in [5, 5.41) is 21.0. The molecule has 10 heteroatoms. The zero-order valence-corrected chi connectivity index (χ0v) is 13.7. The summed E-state index contributed by atoms with van der Waals surface area (Å²) in [5.41, 5.74) is -0.798. The fourth-order valence-corrected chi connectivity index (χ4v) is 1.59. The maximum absolute atomic E-state index is 11.8. The van der Waals surface area contributed by atoms with Gasteiger partial charge in [0.05, 0.1) is 13.5 Å². The van der Waals surface area contributed by atoms with Crippen LogP contribution in [-0.2, 0) is 19.1 Å². The fraction of sp³-hybridized carbons (Fsp3) is 0.500. The summed E-state index contributed by atoms with van der Waals surface area (Å²) in [5.74, 6) is -2.94. The maximum Gasteiger partial charge on any atom is 0.408 e. The summed E-state index contributed by atoms with van der Waals surface area (Å²) in [7, 11) is 1.08. The zero-order chi connectivity index (χ0) is 18.5. The molecule has 0 aliphatic heterocycles. The van der Waals surface area contributed by atoms with E-state index in [1.54, 1.807) is 20.8 Å². The van der Waals surface area contributed by atoms with Crippen molar-refractivity contribution >= 4 is 18.0 Å². The third-order valence-corrected chi connectivity index (χ3v) is 2.54. The molecule has 3 N–H and O–H groups in total. The van der Waals surface area contributed by atoms with Gasteiger partial charge in [-0.3, -0.25) is 0 Å². The van der Waals surface area contributed by atoms with Crippen LogP contribution in [0.2, 0.25) is 0 Å². The maximum atomic E-state index is 11.8. The van der Waals surface area contributed by atoms with E-state index in [1.807, 2.05) is 0 Å². The van der Waals surface area contributed by atoms with E-state index in [1.165, 1.54) is 0 Å². The van der Waals surface area contributed by atoms with Crippen molar-refractivity contribution in [2.45, 2.75) is 38.8 Å². The van der Waals surface area contributed by atoms with Gasteiger partial charge in [0, 0.05) is 12.1 Å². The molecule has 134 valence electrons. The number of ether oxygens (including phenoxy) is 2. The Morgan fingerprint density at radius 2 is 1.75 bits per heavy atom. The number of alkyl carbamates (subject to hydrolysis) is 1. The average Bonchev–Trinajstić information content (AvgIpc) is 2.75. The number of nitrogens with zero attached hydrogens (tertiary/aromatic N) is 1. The van der Waals surface area contributed by atoms with Crippen LogP contribution in [0.3, 0.4) is 0 Å². The molecule has 0 bridgehead atoms. The number of esters is 1. The van der Waals surface area contributed by atoms with E-state index in [9.17, 15) is 24.6 Å². The first kappa shape index (κ1) is 19.1. The van der Waals surface area contributed by atoms with Gasteiger partial charge in [0.1, 0.15) is 11.6 Å². The minimum Gasteiger partial charge on any atom is -0.492 e. The number of rotatable bonds is 5. The van der Waals surface area contributed by atoms with Crippen LogP contribution in [0.4, 0.5) is 4.79 Å². The highest BCUT2D eigenvalue weighted by Gasteiger charge is 2.28.